The highest BCUT2D eigenvalue weighted by molar-refractivity contribution is 7.98. The molecule has 0 spiro atoms. The Morgan fingerprint density at radius 1 is 1.43 bits per heavy atom. The molecule has 1 aromatic carbocycles. The van der Waals surface area contributed by atoms with Crippen LogP contribution in [-0.2, 0) is 12.1 Å². The van der Waals surface area contributed by atoms with Gasteiger partial charge in [0.1, 0.15) is 23.6 Å². The Bertz CT molecular complexity index is 704. The van der Waals surface area contributed by atoms with Gasteiger partial charge in [0.2, 0.25) is 0 Å². The van der Waals surface area contributed by atoms with Gasteiger partial charge in [-0.15, -0.1) is 0 Å². The van der Waals surface area contributed by atoms with Crippen LogP contribution in [0.25, 0.3) is 0 Å². The minimum absolute atomic E-state index is 0.0867. The summed E-state index contributed by atoms with van der Waals surface area (Å²) in [5, 5.41) is 16.1. The molecule has 1 aliphatic rings. The summed E-state index contributed by atoms with van der Waals surface area (Å²) in [5.74, 6) is -1.21. The molecule has 1 heterocycles. The van der Waals surface area contributed by atoms with Crippen molar-refractivity contribution in [3.8, 4) is 0 Å². The Kier molecular flexibility index (Phi) is 4.42. The minimum Gasteiger partial charge on any atom is -0.383 e. The van der Waals surface area contributed by atoms with E-state index in [0.717, 1.165) is 18.9 Å². The number of halogens is 2. The monoisotopic (exact) mass is 339 g/mol. The van der Waals surface area contributed by atoms with E-state index in [1.165, 1.54) is 30.2 Å². The normalized spacial score (nSPS) is 18.7. The van der Waals surface area contributed by atoms with E-state index in [1.807, 2.05) is 13.2 Å². The van der Waals surface area contributed by atoms with Gasteiger partial charge in [0, 0.05) is 11.6 Å². The molecule has 124 valence electrons. The van der Waals surface area contributed by atoms with E-state index in [9.17, 15) is 13.9 Å². The van der Waals surface area contributed by atoms with Gasteiger partial charge in [0.25, 0.3) is 0 Å². The lowest BCUT2D eigenvalue weighted by Crippen LogP contribution is -2.40. The van der Waals surface area contributed by atoms with Gasteiger partial charge in [-0.2, -0.15) is 5.10 Å². The number of aromatic nitrogens is 3. The molecule has 1 fully saturated rings. The fraction of sp³-hybridized carbons (Fsp3) is 0.500. The summed E-state index contributed by atoms with van der Waals surface area (Å²) in [6, 6.07) is 3.33. The number of thioether (sulfide) groups is 1. The van der Waals surface area contributed by atoms with Crippen molar-refractivity contribution in [2.75, 3.05) is 6.26 Å². The summed E-state index contributed by atoms with van der Waals surface area (Å²) in [6.07, 6.45) is 5.30. The molecule has 0 aliphatic heterocycles. The number of nitrogens with zero attached hydrogens (tertiary/aromatic N) is 3. The topological polar surface area (TPSA) is 50.9 Å². The van der Waals surface area contributed by atoms with Crippen molar-refractivity contribution < 1.29 is 13.9 Å². The van der Waals surface area contributed by atoms with Crippen LogP contribution in [0.1, 0.15) is 25.3 Å². The van der Waals surface area contributed by atoms with Gasteiger partial charge in [-0.1, -0.05) is 24.8 Å². The van der Waals surface area contributed by atoms with Crippen LogP contribution in [0.5, 0.6) is 0 Å². The Hall–Kier alpha value is -1.47. The molecular formula is C16H19F2N3OS. The minimum atomic E-state index is -1.46. The lowest BCUT2D eigenvalue weighted by Gasteiger charge is -2.35. The van der Waals surface area contributed by atoms with E-state index in [4.69, 9.17) is 0 Å². The fourth-order valence-electron chi connectivity index (χ4n) is 3.05. The molecule has 0 radical (unpaired) electrons. The zero-order valence-electron chi connectivity index (χ0n) is 13.0. The summed E-state index contributed by atoms with van der Waals surface area (Å²) in [4.78, 5) is 4.12. The predicted molar refractivity (Wildman–Crippen MR) is 83.9 cm³/mol. The number of aliphatic hydroxyl groups is 1. The highest BCUT2D eigenvalue weighted by Crippen LogP contribution is 2.47. The number of benzene rings is 1. The van der Waals surface area contributed by atoms with Gasteiger partial charge in [-0.05, 0) is 37.0 Å². The molecule has 4 nitrogen and oxygen atoms in total. The molecular weight excluding hydrogens is 320 g/mol. The highest BCUT2D eigenvalue weighted by atomic mass is 32.2. The molecule has 1 N–H and O–H groups in total. The Labute approximate surface area is 137 Å². The van der Waals surface area contributed by atoms with Gasteiger partial charge in [-0.3, -0.25) is 0 Å². The smallest absolute Gasteiger partial charge is 0.185 e. The van der Waals surface area contributed by atoms with Crippen LogP contribution in [0, 0.1) is 23.5 Å². The lowest BCUT2D eigenvalue weighted by atomic mass is 9.79. The van der Waals surface area contributed by atoms with Crippen LogP contribution in [0.15, 0.2) is 29.7 Å². The van der Waals surface area contributed by atoms with Crippen LogP contribution < -0.4 is 0 Å². The van der Waals surface area contributed by atoms with Crippen LogP contribution in [0.3, 0.4) is 0 Å². The maximum absolute atomic E-state index is 14.4. The van der Waals surface area contributed by atoms with E-state index in [0.29, 0.717) is 11.1 Å². The summed E-state index contributed by atoms with van der Waals surface area (Å²) in [7, 11) is 0. The maximum Gasteiger partial charge on any atom is 0.185 e. The molecule has 1 aromatic heterocycles. The third kappa shape index (κ3) is 3.12. The van der Waals surface area contributed by atoms with Crippen molar-refractivity contribution >= 4 is 11.8 Å². The summed E-state index contributed by atoms with van der Waals surface area (Å²) in [5.41, 5.74) is -1.35. The number of rotatable bonds is 6. The largest absolute Gasteiger partial charge is 0.383 e. The van der Waals surface area contributed by atoms with Gasteiger partial charge in [0.15, 0.2) is 5.16 Å². The molecule has 0 bridgehead atoms. The van der Waals surface area contributed by atoms with Crippen molar-refractivity contribution in [1.82, 2.24) is 14.8 Å². The lowest BCUT2D eigenvalue weighted by molar-refractivity contribution is -0.0490. The van der Waals surface area contributed by atoms with E-state index < -0.39 is 17.2 Å². The Morgan fingerprint density at radius 2 is 2.17 bits per heavy atom. The van der Waals surface area contributed by atoms with Crippen molar-refractivity contribution in [3.05, 3.63) is 41.7 Å². The van der Waals surface area contributed by atoms with Crippen molar-refractivity contribution in [1.29, 1.82) is 0 Å². The molecule has 2 aromatic rings. The fourth-order valence-corrected chi connectivity index (χ4v) is 3.52. The van der Waals surface area contributed by atoms with Crippen molar-refractivity contribution in [3.63, 3.8) is 0 Å². The van der Waals surface area contributed by atoms with Gasteiger partial charge < -0.3 is 5.11 Å². The van der Waals surface area contributed by atoms with Gasteiger partial charge >= 0.3 is 0 Å². The predicted octanol–water partition coefficient (Wildman–Crippen LogP) is 3.21. The van der Waals surface area contributed by atoms with E-state index >= 15 is 0 Å². The average Bonchev–Trinajstić information content (AvgIpc) is 3.26. The maximum atomic E-state index is 14.4. The third-order valence-electron chi connectivity index (χ3n) is 4.63. The zero-order chi connectivity index (χ0) is 16.6. The molecule has 2 unspecified atom stereocenters. The van der Waals surface area contributed by atoms with Crippen LogP contribution in [0.4, 0.5) is 8.78 Å². The molecule has 1 aliphatic carbocycles. The molecule has 0 saturated heterocycles. The van der Waals surface area contributed by atoms with Crippen molar-refractivity contribution in [2.45, 2.75) is 37.1 Å². The SMILES string of the molecule is CSc1ncnn1CC(O)(c1ccc(F)cc1F)C(C)C1CC1. The quantitative estimate of drug-likeness (QED) is 0.821. The molecule has 7 heteroatoms. The van der Waals surface area contributed by atoms with Crippen molar-refractivity contribution in [2.24, 2.45) is 11.8 Å². The molecule has 3 rings (SSSR count). The van der Waals surface area contributed by atoms with E-state index in [1.54, 1.807) is 4.68 Å². The summed E-state index contributed by atoms with van der Waals surface area (Å²) in [6.45, 7) is 2.00. The molecule has 0 amide bonds. The third-order valence-corrected chi connectivity index (χ3v) is 5.31. The van der Waals surface area contributed by atoms with E-state index in [-0.39, 0.29) is 18.0 Å². The standard InChI is InChI=1S/C16H19F2N3OS/c1-10(11-3-4-11)16(22,8-21-15(23-2)19-9-20-21)13-6-5-12(17)7-14(13)18/h5-7,9-11,22H,3-4,8H2,1-2H3. The second-order valence-electron chi connectivity index (χ2n) is 6.08. The van der Waals surface area contributed by atoms with Gasteiger partial charge in [-0.25, -0.2) is 18.4 Å². The number of hydrogen-bond donors (Lipinski definition) is 1. The summed E-state index contributed by atoms with van der Waals surface area (Å²) >= 11 is 1.40. The first-order chi connectivity index (χ1) is 11.0. The second kappa shape index (κ2) is 6.20. The molecule has 2 atom stereocenters. The van der Waals surface area contributed by atoms with Crippen LogP contribution in [0.2, 0.25) is 0 Å². The Morgan fingerprint density at radius 3 is 2.78 bits per heavy atom. The first-order valence-corrected chi connectivity index (χ1v) is 8.78. The molecule has 23 heavy (non-hydrogen) atoms. The van der Waals surface area contributed by atoms with Crippen LogP contribution >= 0.6 is 11.8 Å². The number of hydrogen-bond acceptors (Lipinski definition) is 4. The first-order valence-electron chi connectivity index (χ1n) is 7.55. The zero-order valence-corrected chi connectivity index (χ0v) is 13.9. The first kappa shape index (κ1) is 16.4. The Balaban J connectivity index is 2.03. The average molecular weight is 339 g/mol. The molecule has 1 saturated carbocycles. The van der Waals surface area contributed by atoms with E-state index in [2.05, 4.69) is 10.1 Å². The van der Waals surface area contributed by atoms with Gasteiger partial charge in [0.05, 0.1) is 6.54 Å². The second-order valence-corrected chi connectivity index (χ2v) is 6.85. The summed E-state index contributed by atoms with van der Waals surface area (Å²) < 4.78 is 29.2. The van der Waals surface area contributed by atoms with Crippen LogP contribution in [-0.4, -0.2) is 26.1 Å². The highest BCUT2D eigenvalue weighted by Gasteiger charge is 2.46.